The van der Waals surface area contributed by atoms with Crippen LogP contribution in [-0.4, -0.2) is 43.7 Å². The van der Waals surface area contributed by atoms with Gasteiger partial charge >= 0.3 is 0 Å². The molecule has 2 aliphatic heterocycles. The Hall–Kier alpha value is -2.53. The number of hydrogen-bond donors (Lipinski definition) is 0. The summed E-state index contributed by atoms with van der Waals surface area (Å²) in [5.74, 6) is 1.51. The van der Waals surface area contributed by atoms with Crippen molar-refractivity contribution in [3.8, 4) is 11.5 Å². The van der Waals surface area contributed by atoms with E-state index < -0.39 is 0 Å². The molecule has 1 saturated heterocycles. The van der Waals surface area contributed by atoms with E-state index >= 15 is 0 Å². The van der Waals surface area contributed by atoms with Crippen LogP contribution in [0.3, 0.4) is 0 Å². The molecule has 1 fully saturated rings. The molecule has 2 aromatic carbocycles. The van der Waals surface area contributed by atoms with Crippen molar-refractivity contribution in [2.75, 3.05) is 26.8 Å². The quantitative estimate of drug-likeness (QED) is 0.829. The van der Waals surface area contributed by atoms with Gasteiger partial charge in [0.25, 0.3) is 0 Å². The molecule has 136 valence electrons. The van der Waals surface area contributed by atoms with Gasteiger partial charge in [0, 0.05) is 13.1 Å². The predicted octanol–water partition coefficient (Wildman–Crippen LogP) is 2.67. The van der Waals surface area contributed by atoms with Crippen LogP contribution in [0.2, 0.25) is 0 Å². The fraction of sp³-hybridized carbons (Fsp3) is 0.381. The predicted molar refractivity (Wildman–Crippen MR) is 97.3 cm³/mol. The van der Waals surface area contributed by atoms with Crippen LogP contribution >= 0.6 is 0 Å². The highest BCUT2D eigenvalue weighted by Gasteiger charge is 2.37. The topological polar surface area (TPSA) is 48.0 Å². The molecule has 0 radical (unpaired) electrons. The van der Waals surface area contributed by atoms with Crippen LogP contribution in [0.1, 0.15) is 11.1 Å². The Bertz CT molecular complexity index is 771. The fourth-order valence-corrected chi connectivity index (χ4v) is 3.48. The first-order chi connectivity index (χ1) is 12.7. The molecule has 0 aliphatic carbocycles. The van der Waals surface area contributed by atoms with Crippen LogP contribution in [0.25, 0.3) is 0 Å². The average molecular weight is 353 g/mol. The van der Waals surface area contributed by atoms with Crippen molar-refractivity contribution in [2.45, 2.75) is 19.1 Å². The zero-order chi connectivity index (χ0) is 17.9. The summed E-state index contributed by atoms with van der Waals surface area (Å²) in [5.41, 5.74) is 2.19. The van der Waals surface area contributed by atoms with Crippen LogP contribution in [0.5, 0.6) is 11.5 Å². The largest absolute Gasteiger partial charge is 0.493 e. The summed E-state index contributed by atoms with van der Waals surface area (Å²) in [7, 11) is 1.63. The number of hydrogen-bond acceptors (Lipinski definition) is 4. The molecule has 5 heteroatoms. The third-order valence-electron chi connectivity index (χ3n) is 5.01. The summed E-state index contributed by atoms with van der Waals surface area (Å²) >= 11 is 0. The standard InChI is InChI=1S/C21H23NO4/c1-24-19-9-5-8-16-10-17(14-26-20(16)19)21(23)22-11-18(12-22)25-13-15-6-3-2-4-7-15/h2-9,17-18H,10-14H2,1H3/t17-/m0/s1. The zero-order valence-electron chi connectivity index (χ0n) is 14.9. The number of benzene rings is 2. The number of nitrogens with zero attached hydrogens (tertiary/aromatic N) is 1. The summed E-state index contributed by atoms with van der Waals surface area (Å²) in [6, 6.07) is 15.9. The van der Waals surface area contributed by atoms with Crippen LogP contribution in [0.4, 0.5) is 0 Å². The molecule has 1 amide bonds. The summed E-state index contributed by atoms with van der Waals surface area (Å²) in [6.45, 7) is 2.31. The van der Waals surface area contributed by atoms with E-state index in [9.17, 15) is 4.79 Å². The van der Waals surface area contributed by atoms with E-state index in [1.165, 1.54) is 0 Å². The second kappa shape index (κ2) is 7.38. The monoisotopic (exact) mass is 353 g/mol. The van der Waals surface area contributed by atoms with Crippen molar-refractivity contribution in [2.24, 2.45) is 5.92 Å². The first kappa shape index (κ1) is 16.9. The van der Waals surface area contributed by atoms with E-state index in [2.05, 4.69) is 0 Å². The SMILES string of the molecule is COc1cccc2c1OC[C@@H](C(=O)N1CC(OCc3ccccc3)C1)C2. The van der Waals surface area contributed by atoms with Gasteiger partial charge < -0.3 is 19.1 Å². The van der Waals surface area contributed by atoms with E-state index in [0.29, 0.717) is 32.7 Å². The van der Waals surface area contributed by atoms with Crippen LogP contribution in [0, 0.1) is 5.92 Å². The lowest BCUT2D eigenvalue weighted by Gasteiger charge is -2.41. The lowest BCUT2D eigenvalue weighted by Crippen LogP contribution is -2.57. The van der Waals surface area contributed by atoms with Gasteiger partial charge in [-0.05, 0) is 23.6 Å². The van der Waals surface area contributed by atoms with Gasteiger partial charge in [0.1, 0.15) is 6.61 Å². The minimum absolute atomic E-state index is 0.121. The van der Waals surface area contributed by atoms with Gasteiger partial charge in [0.05, 0.1) is 25.7 Å². The highest BCUT2D eigenvalue weighted by molar-refractivity contribution is 5.80. The molecule has 0 spiro atoms. The van der Waals surface area contributed by atoms with Crippen LogP contribution in [0.15, 0.2) is 48.5 Å². The van der Waals surface area contributed by atoms with Crippen LogP contribution < -0.4 is 9.47 Å². The van der Waals surface area contributed by atoms with Crippen molar-refractivity contribution in [1.82, 2.24) is 4.90 Å². The molecule has 0 aromatic heterocycles. The Kier molecular flexibility index (Phi) is 4.80. The van der Waals surface area contributed by atoms with Crippen molar-refractivity contribution in [3.05, 3.63) is 59.7 Å². The van der Waals surface area contributed by atoms with Gasteiger partial charge in [-0.2, -0.15) is 0 Å². The number of ether oxygens (including phenoxy) is 3. The summed E-state index contributed by atoms with van der Waals surface area (Å²) < 4.78 is 17.0. The van der Waals surface area contributed by atoms with Gasteiger partial charge in [0.15, 0.2) is 11.5 Å². The Balaban J connectivity index is 1.28. The molecule has 2 aliphatic rings. The fourth-order valence-electron chi connectivity index (χ4n) is 3.48. The summed E-state index contributed by atoms with van der Waals surface area (Å²) in [5, 5.41) is 0. The molecule has 0 bridgehead atoms. The number of para-hydroxylation sites is 1. The second-order valence-corrected chi connectivity index (χ2v) is 6.82. The molecular formula is C21H23NO4. The van der Waals surface area contributed by atoms with Gasteiger partial charge in [0.2, 0.25) is 5.91 Å². The molecule has 0 unspecified atom stereocenters. The van der Waals surface area contributed by atoms with Crippen molar-refractivity contribution in [1.29, 1.82) is 0 Å². The maximum Gasteiger partial charge on any atom is 0.229 e. The third kappa shape index (κ3) is 3.40. The number of rotatable bonds is 5. The van der Waals surface area contributed by atoms with E-state index in [1.807, 2.05) is 53.4 Å². The maximum absolute atomic E-state index is 12.7. The normalized spacial score (nSPS) is 19.3. The molecule has 2 heterocycles. The first-order valence-corrected chi connectivity index (χ1v) is 8.97. The highest BCUT2D eigenvalue weighted by atomic mass is 16.5. The Labute approximate surface area is 153 Å². The smallest absolute Gasteiger partial charge is 0.229 e. The molecule has 4 rings (SSSR count). The molecule has 26 heavy (non-hydrogen) atoms. The number of likely N-dealkylation sites (tertiary alicyclic amines) is 1. The highest BCUT2D eigenvalue weighted by Crippen LogP contribution is 2.36. The van der Waals surface area contributed by atoms with Crippen LogP contribution in [-0.2, 0) is 22.6 Å². The number of amides is 1. The number of carbonyl (C=O) groups is 1. The average Bonchev–Trinajstić information content (AvgIpc) is 2.66. The Morgan fingerprint density at radius 1 is 1.15 bits per heavy atom. The van der Waals surface area contributed by atoms with Gasteiger partial charge in [-0.25, -0.2) is 0 Å². The minimum atomic E-state index is -0.135. The maximum atomic E-state index is 12.7. The summed E-state index contributed by atoms with van der Waals surface area (Å²) in [4.78, 5) is 14.6. The number of methoxy groups -OCH3 is 1. The van der Waals surface area contributed by atoms with Crippen molar-refractivity contribution >= 4 is 5.91 Å². The van der Waals surface area contributed by atoms with E-state index in [4.69, 9.17) is 14.2 Å². The van der Waals surface area contributed by atoms with Crippen molar-refractivity contribution < 1.29 is 19.0 Å². The van der Waals surface area contributed by atoms with E-state index in [0.717, 1.165) is 22.6 Å². The van der Waals surface area contributed by atoms with Crippen molar-refractivity contribution in [3.63, 3.8) is 0 Å². The Morgan fingerprint density at radius 3 is 2.73 bits per heavy atom. The lowest BCUT2D eigenvalue weighted by atomic mass is 9.94. The first-order valence-electron chi connectivity index (χ1n) is 8.97. The van der Waals surface area contributed by atoms with Gasteiger partial charge in [-0.3, -0.25) is 4.79 Å². The molecule has 0 N–H and O–H groups in total. The zero-order valence-corrected chi connectivity index (χ0v) is 14.9. The molecule has 0 saturated carbocycles. The number of fused-ring (bicyclic) bond motifs is 1. The second-order valence-electron chi connectivity index (χ2n) is 6.82. The molecule has 5 nitrogen and oxygen atoms in total. The van der Waals surface area contributed by atoms with Gasteiger partial charge in [-0.1, -0.05) is 42.5 Å². The van der Waals surface area contributed by atoms with E-state index in [1.54, 1.807) is 7.11 Å². The third-order valence-corrected chi connectivity index (χ3v) is 5.01. The molecular weight excluding hydrogens is 330 g/mol. The van der Waals surface area contributed by atoms with E-state index in [-0.39, 0.29) is 17.9 Å². The summed E-state index contributed by atoms with van der Waals surface area (Å²) in [6.07, 6.45) is 0.813. The molecule has 1 atom stereocenters. The molecule has 2 aromatic rings. The number of carbonyl (C=O) groups excluding carboxylic acids is 1. The van der Waals surface area contributed by atoms with Gasteiger partial charge in [-0.15, -0.1) is 0 Å². The Morgan fingerprint density at radius 2 is 1.96 bits per heavy atom. The minimum Gasteiger partial charge on any atom is -0.493 e. The lowest BCUT2D eigenvalue weighted by molar-refractivity contribution is -0.151.